The molecule has 0 atom stereocenters. The molecule has 0 spiro atoms. The number of nitrogens with one attached hydrogen (secondary N) is 2. The van der Waals surface area contributed by atoms with Crippen LogP contribution < -0.4 is 15.4 Å². The highest BCUT2D eigenvalue weighted by molar-refractivity contribution is 5.79. The molecule has 0 fully saturated rings. The van der Waals surface area contributed by atoms with Gasteiger partial charge in [0.2, 0.25) is 0 Å². The third-order valence-corrected chi connectivity index (χ3v) is 3.14. The van der Waals surface area contributed by atoms with E-state index < -0.39 is 0 Å². The van der Waals surface area contributed by atoms with E-state index in [-0.39, 0.29) is 5.60 Å². The standard InChI is InChI=1S/C16H27N3O2/c1-13-6-8-14(9-7-13)21-11-10-18-15(17-4)19-12-16(2,3)20-5/h6-9H,10-12H2,1-5H3,(H2,17,18,19). The van der Waals surface area contributed by atoms with Crippen molar-refractivity contribution in [2.45, 2.75) is 26.4 Å². The first-order valence-electron chi connectivity index (χ1n) is 7.16. The van der Waals surface area contributed by atoms with Gasteiger partial charge < -0.3 is 20.1 Å². The minimum atomic E-state index is -0.226. The fourth-order valence-corrected chi connectivity index (χ4v) is 1.56. The number of guanidine groups is 1. The molecule has 0 saturated carbocycles. The Labute approximate surface area is 127 Å². The van der Waals surface area contributed by atoms with Crippen LogP contribution in [0.3, 0.4) is 0 Å². The molecule has 0 unspecified atom stereocenters. The number of aryl methyl sites for hydroxylation is 1. The molecule has 0 aliphatic heterocycles. The van der Waals surface area contributed by atoms with Crippen molar-refractivity contribution in [2.24, 2.45) is 4.99 Å². The first kappa shape index (κ1) is 17.3. The van der Waals surface area contributed by atoms with E-state index in [0.717, 1.165) is 11.7 Å². The van der Waals surface area contributed by atoms with Gasteiger partial charge >= 0.3 is 0 Å². The summed E-state index contributed by atoms with van der Waals surface area (Å²) in [6, 6.07) is 8.03. The summed E-state index contributed by atoms with van der Waals surface area (Å²) < 4.78 is 11.0. The summed E-state index contributed by atoms with van der Waals surface area (Å²) in [6.07, 6.45) is 0. The molecule has 0 bridgehead atoms. The number of ether oxygens (including phenoxy) is 2. The van der Waals surface area contributed by atoms with E-state index in [2.05, 4.69) is 22.5 Å². The lowest BCUT2D eigenvalue weighted by Crippen LogP contribution is -2.46. The molecule has 0 radical (unpaired) electrons. The molecule has 1 aromatic carbocycles. The Hall–Kier alpha value is -1.75. The smallest absolute Gasteiger partial charge is 0.191 e. The fourth-order valence-electron chi connectivity index (χ4n) is 1.56. The van der Waals surface area contributed by atoms with E-state index >= 15 is 0 Å². The Kier molecular flexibility index (Phi) is 7.02. The predicted octanol–water partition coefficient (Wildman–Crippen LogP) is 1.96. The topological polar surface area (TPSA) is 54.9 Å². The summed E-state index contributed by atoms with van der Waals surface area (Å²) in [4.78, 5) is 4.16. The molecular weight excluding hydrogens is 266 g/mol. The summed E-state index contributed by atoms with van der Waals surface area (Å²) in [7, 11) is 3.45. The van der Waals surface area contributed by atoms with Crippen molar-refractivity contribution in [3.63, 3.8) is 0 Å². The van der Waals surface area contributed by atoms with Gasteiger partial charge in [0.1, 0.15) is 12.4 Å². The monoisotopic (exact) mass is 293 g/mol. The van der Waals surface area contributed by atoms with Crippen molar-refractivity contribution < 1.29 is 9.47 Å². The normalized spacial score (nSPS) is 12.1. The number of hydrogen-bond donors (Lipinski definition) is 2. The van der Waals surface area contributed by atoms with E-state index in [9.17, 15) is 0 Å². The van der Waals surface area contributed by atoms with Crippen LogP contribution in [-0.4, -0.2) is 45.4 Å². The highest BCUT2D eigenvalue weighted by Gasteiger charge is 2.16. The number of rotatable bonds is 7. The molecular formula is C16H27N3O2. The van der Waals surface area contributed by atoms with Gasteiger partial charge in [-0.15, -0.1) is 0 Å². The van der Waals surface area contributed by atoms with Crippen LogP contribution in [0, 0.1) is 6.92 Å². The van der Waals surface area contributed by atoms with Crippen molar-refractivity contribution in [2.75, 3.05) is 33.9 Å². The molecule has 5 heteroatoms. The zero-order valence-electron chi connectivity index (χ0n) is 13.7. The number of nitrogens with zero attached hydrogens (tertiary/aromatic N) is 1. The van der Waals surface area contributed by atoms with Gasteiger partial charge in [-0.3, -0.25) is 4.99 Å². The Morgan fingerprint density at radius 3 is 2.43 bits per heavy atom. The maximum atomic E-state index is 5.65. The second-order valence-electron chi connectivity index (χ2n) is 5.48. The number of benzene rings is 1. The first-order valence-corrected chi connectivity index (χ1v) is 7.16. The van der Waals surface area contributed by atoms with Crippen molar-refractivity contribution >= 4 is 5.96 Å². The van der Waals surface area contributed by atoms with Crippen LogP contribution in [0.2, 0.25) is 0 Å². The Morgan fingerprint density at radius 2 is 1.86 bits per heavy atom. The van der Waals surface area contributed by atoms with Crippen LogP contribution >= 0.6 is 0 Å². The zero-order chi connectivity index (χ0) is 15.7. The second kappa shape index (κ2) is 8.52. The third-order valence-electron chi connectivity index (χ3n) is 3.14. The molecule has 21 heavy (non-hydrogen) atoms. The molecule has 1 aromatic rings. The van der Waals surface area contributed by atoms with Crippen molar-refractivity contribution in [1.82, 2.24) is 10.6 Å². The maximum Gasteiger partial charge on any atom is 0.191 e. The van der Waals surface area contributed by atoms with Gasteiger partial charge in [0.15, 0.2) is 5.96 Å². The van der Waals surface area contributed by atoms with E-state index in [1.54, 1.807) is 14.2 Å². The van der Waals surface area contributed by atoms with Crippen LogP contribution in [0.15, 0.2) is 29.3 Å². The van der Waals surface area contributed by atoms with Gasteiger partial charge in [0.05, 0.1) is 12.1 Å². The lowest BCUT2D eigenvalue weighted by atomic mass is 10.1. The highest BCUT2D eigenvalue weighted by Crippen LogP contribution is 2.10. The quantitative estimate of drug-likeness (QED) is 0.458. The Balaban J connectivity index is 2.25. The summed E-state index contributed by atoms with van der Waals surface area (Å²) >= 11 is 0. The van der Waals surface area contributed by atoms with Gasteiger partial charge in [0.25, 0.3) is 0 Å². The largest absolute Gasteiger partial charge is 0.492 e. The van der Waals surface area contributed by atoms with Gasteiger partial charge in [0, 0.05) is 20.7 Å². The number of aliphatic imine (C=N–C) groups is 1. The number of methoxy groups -OCH3 is 1. The molecule has 2 N–H and O–H groups in total. The summed E-state index contributed by atoms with van der Waals surface area (Å²) in [5.74, 6) is 1.62. The molecule has 0 saturated heterocycles. The number of hydrogen-bond acceptors (Lipinski definition) is 3. The lowest BCUT2D eigenvalue weighted by Gasteiger charge is -2.24. The van der Waals surface area contributed by atoms with E-state index in [0.29, 0.717) is 19.7 Å². The molecule has 0 aliphatic carbocycles. The lowest BCUT2D eigenvalue weighted by molar-refractivity contribution is 0.0268. The van der Waals surface area contributed by atoms with Crippen LogP contribution in [0.1, 0.15) is 19.4 Å². The molecule has 1 rings (SSSR count). The SMILES string of the molecule is CN=C(NCCOc1ccc(C)cc1)NCC(C)(C)OC. The van der Waals surface area contributed by atoms with Crippen molar-refractivity contribution in [1.29, 1.82) is 0 Å². The highest BCUT2D eigenvalue weighted by atomic mass is 16.5. The third kappa shape index (κ3) is 6.99. The fraction of sp³-hybridized carbons (Fsp3) is 0.562. The second-order valence-corrected chi connectivity index (χ2v) is 5.48. The van der Waals surface area contributed by atoms with Gasteiger partial charge in [-0.05, 0) is 32.9 Å². The molecule has 0 amide bonds. The van der Waals surface area contributed by atoms with Gasteiger partial charge in [-0.1, -0.05) is 17.7 Å². The van der Waals surface area contributed by atoms with Crippen LogP contribution in [0.4, 0.5) is 0 Å². The van der Waals surface area contributed by atoms with Crippen LogP contribution in [-0.2, 0) is 4.74 Å². The van der Waals surface area contributed by atoms with Crippen LogP contribution in [0.25, 0.3) is 0 Å². The van der Waals surface area contributed by atoms with Crippen molar-refractivity contribution in [3.05, 3.63) is 29.8 Å². The van der Waals surface area contributed by atoms with Crippen molar-refractivity contribution in [3.8, 4) is 5.75 Å². The van der Waals surface area contributed by atoms with E-state index in [4.69, 9.17) is 9.47 Å². The molecule has 5 nitrogen and oxygen atoms in total. The Bertz CT molecular complexity index is 441. The summed E-state index contributed by atoms with van der Waals surface area (Å²) in [5, 5.41) is 6.43. The van der Waals surface area contributed by atoms with Crippen LogP contribution in [0.5, 0.6) is 5.75 Å². The minimum absolute atomic E-state index is 0.226. The average Bonchev–Trinajstić information content (AvgIpc) is 2.48. The summed E-state index contributed by atoms with van der Waals surface area (Å²) in [6.45, 7) is 8.05. The maximum absolute atomic E-state index is 5.65. The minimum Gasteiger partial charge on any atom is -0.492 e. The zero-order valence-corrected chi connectivity index (χ0v) is 13.7. The molecule has 0 aliphatic rings. The summed E-state index contributed by atoms with van der Waals surface area (Å²) in [5.41, 5.74) is 1.00. The van der Waals surface area contributed by atoms with E-state index in [1.807, 2.05) is 38.1 Å². The van der Waals surface area contributed by atoms with Gasteiger partial charge in [-0.2, -0.15) is 0 Å². The molecule has 118 valence electrons. The molecule has 0 heterocycles. The Morgan fingerprint density at radius 1 is 1.19 bits per heavy atom. The van der Waals surface area contributed by atoms with Gasteiger partial charge in [-0.25, -0.2) is 0 Å². The van der Waals surface area contributed by atoms with E-state index in [1.165, 1.54) is 5.56 Å². The average molecular weight is 293 g/mol. The first-order chi connectivity index (χ1) is 9.96. The molecule has 0 aromatic heterocycles. The predicted molar refractivity (Wildman–Crippen MR) is 87.1 cm³/mol.